The van der Waals surface area contributed by atoms with Gasteiger partial charge in [0.05, 0.1) is 12.0 Å². The van der Waals surface area contributed by atoms with Gasteiger partial charge < -0.3 is 9.84 Å². The molecule has 0 radical (unpaired) electrons. The Morgan fingerprint density at radius 1 is 1.50 bits per heavy atom. The number of carbonyl (C=O) groups is 1. The smallest absolute Gasteiger partial charge is 0.309 e. The van der Waals surface area contributed by atoms with Gasteiger partial charge in [-0.05, 0) is 26.2 Å². The van der Waals surface area contributed by atoms with E-state index < -0.39 is 0 Å². The average molecular weight is 250 g/mol. The highest BCUT2D eigenvalue weighted by Crippen LogP contribution is 2.56. The molecule has 2 aliphatic carbocycles. The number of hydrogen-bond donors (Lipinski definition) is 1. The predicted octanol–water partition coefficient (Wildman–Crippen LogP) is 2.29. The van der Waals surface area contributed by atoms with Crippen molar-refractivity contribution in [1.29, 1.82) is 0 Å². The summed E-state index contributed by atoms with van der Waals surface area (Å²) in [4.78, 5) is 11.8. The van der Waals surface area contributed by atoms with Gasteiger partial charge in [-0.15, -0.1) is 0 Å². The molecule has 1 saturated carbocycles. The second-order valence-electron chi connectivity index (χ2n) is 6.58. The summed E-state index contributed by atoms with van der Waals surface area (Å²) in [5.41, 5.74) is 1.17. The summed E-state index contributed by atoms with van der Waals surface area (Å²) in [5.74, 6) is 0.506. The molecular weight excluding hydrogens is 228 g/mol. The molecule has 1 aliphatic heterocycles. The van der Waals surface area contributed by atoms with E-state index in [0.717, 1.165) is 19.3 Å². The third-order valence-corrected chi connectivity index (χ3v) is 5.66. The number of rotatable bonds is 0. The van der Waals surface area contributed by atoms with Gasteiger partial charge in [-0.2, -0.15) is 0 Å². The molecule has 0 amide bonds. The monoisotopic (exact) mass is 250 g/mol. The average Bonchev–Trinajstić information content (AvgIpc) is 2.60. The number of ether oxygens (including phenoxy) is 1. The van der Waals surface area contributed by atoms with E-state index in [0.29, 0.717) is 5.92 Å². The molecule has 0 unspecified atom stereocenters. The van der Waals surface area contributed by atoms with Crippen molar-refractivity contribution in [3.63, 3.8) is 0 Å². The van der Waals surface area contributed by atoms with Crippen LogP contribution in [0.15, 0.2) is 11.6 Å². The van der Waals surface area contributed by atoms with Crippen molar-refractivity contribution < 1.29 is 14.6 Å². The van der Waals surface area contributed by atoms with E-state index in [-0.39, 0.29) is 35.4 Å². The lowest BCUT2D eigenvalue weighted by Crippen LogP contribution is -2.52. The van der Waals surface area contributed by atoms with Gasteiger partial charge >= 0.3 is 5.97 Å². The Morgan fingerprint density at radius 3 is 2.94 bits per heavy atom. The third-order valence-electron chi connectivity index (χ3n) is 5.66. The largest absolute Gasteiger partial charge is 0.461 e. The van der Waals surface area contributed by atoms with Crippen LogP contribution in [0.5, 0.6) is 0 Å². The zero-order chi connectivity index (χ0) is 13.1. The Bertz CT molecular complexity index is 414. The lowest BCUT2D eigenvalue weighted by molar-refractivity contribution is -0.151. The van der Waals surface area contributed by atoms with E-state index in [2.05, 4.69) is 19.9 Å². The first kappa shape index (κ1) is 12.2. The second kappa shape index (κ2) is 3.83. The number of aliphatic hydroxyl groups excluding tert-OH is 1. The SMILES string of the molecule is CC1=CC[C@@H](O)[C@@]2(C)CC[C@@H]3[C@@H](OC(=O)[C@H]3C)[C@@H]12. The summed E-state index contributed by atoms with van der Waals surface area (Å²) >= 11 is 0. The predicted molar refractivity (Wildman–Crippen MR) is 67.7 cm³/mol. The molecule has 3 aliphatic rings. The molecule has 0 bridgehead atoms. The van der Waals surface area contributed by atoms with Gasteiger partial charge in [0.2, 0.25) is 0 Å². The Morgan fingerprint density at radius 2 is 2.22 bits per heavy atom. The van der Waals surface area contributed by atoms with E-state index in [9.17, 15) is 9.90 Å². The van der Waals surface area contributed by atoms with Crippen molar-refractivity contribution in [2.24, 2.45) is 23.2 Å². The van der Waals surface area contributed by atoms with Gasteiger partial charge in [-0.1, -0.05) is 25.5 Å². The minimum absolute atomic E-state index is 0.0163. The normalized spacial score (nSPS) is 51.2. The van der Waals surface area contributed by atoms with Crippen LogP contribution in [0.2, 0.25) is 0 Å². The lowest BCUT2D eigenvalue weighted by Gasteiger charge is -2.51. The van der Waals surface area contributed by atoms with Gasteiger partial charge in [-0.25, -0.2) is 0 Å². The second-order valence-corrected chi connectivity index (χ2v) is 6.58. The maximum absolute atomic E-state index is 11.8. The van der Waals surface area contributed by atoms with E-state index in [4.69, 9.17) is 4.74 Å². The van der Waals surface area contributed by atoms with Crippen molar-refractivity contribution in [2.45, 2.75) is 52.2 Å². The molecule has 3 rings (SSSR count). The molecule has 3 nitrogen and oxygen atoms in total. The molecule has 18 heavy (non-hydrogen) atoms. The minimum atomic E-state index is -0.304. The molecule has 1 N–H and O–H groups in total. The first-order valence-corrected chi connectivity index (χ1v) is 7.00. The van der Waals surface area contributed by atoms with Crippen molar-refractivity contribution in [3.05, 3.63) is 11.6 Å². The molecule has 1 saturated heterocycles. The summed E-state index contributed by atoms with van der Waals surface area (Å²) in [5, 5.41) is 10.3. The summed E-state index contributed by atoms with van der Waals surface area (Å²) in [7, 11) is 0. The number of aliphatic hydroxyl groups is 1. The van der Waals surface area contributed by atoms with E-state index in [1.807, 2.05) is 6.92 Å². The zero-order valence-electron chi connectivity index (χ0n) is 11.3. The van der Waals surface area contributed by atoms with Crippen LogP contribution in [0.3, 0.4) is 0 Å². The molecule has 3 heteroatoms. The van der Waals surface area contributed by atoms with Crippen molar-refractivity contribution in [3.8, 4) is 0 Å². The molecule has 0 aromatic heterocycles. The minimum Gasteiger partial charge on any atom is -0.461 e. The topological polar surface area (TPSA) is 46.5 Å². The third kappa shape index (κ3) is 1.43. The molecule has 6 atom stereocenters. The van der Waals surface area contributed by atoms with Crippen LogP contribution in [-0.4, -0.2) is 23.3 Å². The molecule has 0 aromatic rings. The van der Waals surface area contributed by atoms with Crippen LogP contribution in [0.1, 0.15) is 40.0 Å². The van der Waals surface area contributed by atoms with Gasteiger partial charge in [0.1, 0.15) is 6.10 Å². The fourth-order valence-corrected chi connectivity index (χ4v) is 4.37. The highest BCUT2D eigenvalue weighted by Gasteiger charge is 2.58. The summed E-state index contributed by atoms with van der Waals surface area (Å²) in [6.07, 6.45) is 4.52. The van der Waals surface area contributed by atoms with Crippen molar-refractivity contribution in [2.75, 3.05) is 0 Å². The van der Waals surface area contributed by atoms with E-state index in [1.165, 1.54) is 5.57 Å². The Kier molecular flexibility index (Phi) is 2.60. The lowest BCUT2D eigenvalue weighted by atomic mass is 9.55. The number of fused-ring (bicyclic) bond motifs is 3. The number of carbonyl (C=O) groups excluding carboxylic acids is 1. The maximum atomic E-state index is 11.8. The summed E-state index contributed by atoms with van der Waals surface area (Å²) < 4.78 is 5.64. The van der Waals surface area contributed by atoms with Crippen molar-refractivity contribution in [1.82, 2.24) is 0 Å². The first-order chi connectivity index (χ1) is 8.45. The number of hydrogen-bond acceptors (Lipinski definition) is 3. The van der Waals surface area contributed by atoms with Gasteiger partial charge in [-0.3, -0.25) is 4.79 Å². The Balaban J connectivity index is 2.00. The van der Waals surface area contributed by atoms with Crippen LogP contribution < -0.4 is 0 Å². The number of esters is 1. The van der Waals surface area contributed by atoms with E-state index in [1.54, 1.807) is 0 Å². The quantitative estimate of drug-likeness (QED) is 0.530. The highest BCUT2D eigenvalue weighted by molar-refractivity contribution is 5.75. The van der Waals surface area contributed by atoms with Crippen LogP contribution in [0, 0.1) is 23.2 Å². The molecule has 2 fully saturated rings. The van der Waals surface area contributed by atoms with Crippen LogP contribution >= 0.6 is 0 Å². The molecule has 0 spiro atoms. The maximum Gasteiger partial charge on any atom is 0.309 e. The van der Waals surface area contributed by atoms with Gasteiger partial charge in [0.15, 0.2) is 0 Å². The molecule has 1 heterocycles. The van der Waals surface area contributed by atoms with E-state index >= 15 is 0 Å². The summed E-state index contributed by atoms with van der Waals surface area (Å²) in [6.45, 7) is 6.26. The Labute approximate surface area is 108 Å². The van der Waals surface area contributed by atoms with Crippen LogP contribution in [-0.2, 0) is 9.53 Å². The standard InChI is InChI=1S/C15H22O3/c1-8-4-5-11(16)15(3)7-6-10-9(2)14(17)18-13(10)12(8)15/h4,9-13,16H,5-7H2,1-3H3/t9-,10-,11+,12+,13+,15+/m0/s1. The highest BCUT2D eigenvalue weighted by atomic mass is 16.6. The molecule has 0 aromatic carbocycles. The van der Waals surface area contributed by atoms with Gasteiger partial charge in [0, 0.05) is 17.3 Å². The fraction of sp³-hybridized carbons (Fsp3) is 0.800. The van der Waals surface area contributed by atoms with Crippen LogP contribution in [0.25, 0.3) is 0 Å². The summed E-state index contributed by atoms with van der Waals surface area (Å²) in [6, 6.07) is 0. The van der Waals surface area contributed by atoms with Crippen LogP contribution in [0.4, 0.5) is 0 Å². The van der Waals surface area contributed by atoms with Gasteiger partial charge in [0.25, 0.3) is 0 Å². The fourth-order valence-electron chi connectivity index (χ4n) is 4.37. The van der Waals surface area contributed by atoms with Crippen molar-refractivity contribution >= 4 is 5.97 Å². The molecular formula is C15H22O3. The first-order valence-electron chi connectivity index (χ1n) is 7.00. The molecule has 100 valence electrons. The zero-order valence-corrected chi connectivity index (χ0v) is 11.3. The Hall–Kier alpha value is -0.830.